The average molecular weight is 693 g/mol. The largest absolute Gasteiger partial charge is 0.417 e. The number of fused-ring (bicyclic) bond motifs is 1. The Balaban J connectivity index is 1.61. The highest BCUT2D eigenvalue weighted by Gasteiger charge is 2.35. The number of ether oxygens (including phenoxy) is 2. The molecule has 3 aromatic heterocycles. The Morgan fingerprint density at radius 2 is 1.46 bits per heavy atom. The van der Waals surface area contributed by atoms with Gasteiger partial charge in [-0.3, -0.25) is 14.3 Å². The summed E-state index contributed by atoms with van der Waals surface area (Å²) in [5.74, 6) is -0.194. The van der Waals surface area contributed by atoms with Crippen molar-refractivity contribution in [3.63, 3.8) is 0 Å². The summed E-state index contributed by atoms with van der Waals surface area (Å²) in [6, 6.07) is 18.3. The van der Waals surface area contributed by atoms with E-state index in [1.54, 1.807) is 29.2 Å². The molecule has 5 aromatic rings. The van der Waals surface area contributed by atoms with E-state index in [0.717, 1.165) is 40.3 Å². The number of benzene rings is 2. The fourth-order valence-corrected chi connectivity index (χ4v) is 6.77. The Morgan fingerprint density at radius 1 is 0.812 bits per heavy atom. The molecular weight excluding hydrogens is 650 g/mol. The van der Waals surface area contributed by atoms with Crippen LogP contribution in [0.5, 0.6) is 0 Å². The summed E-state index contributed by atoms with van der Waals surface area (Å²) in [5.41, 5.74) is 2.81. The van der Waals surface area contributed by atoms with E-state index >= 15 is 0 Å². The predicted molar refractivity (Wildman–Crippen MR) is 189 cm³/mol. The minimum absolute atomic E-state index is 0.107. The number of carbonyl (C=O) groups excluding carboxylic acids is 1. The Kier molecular flexibility index (Phi) is 10.6. The molecule has 0 aliphatic carbocycles. The number of hydrogen-bond donors (Lipinski definition) is 0. The summed E-state index contributed by atoms with van der Waals surface area (Å²) in [6.07, 6.45) is 0.376. The number of ketones is 1. The zero-order valence-electron chi connectivity index (χ0n) is 28.4. The first-order chi connectivity index (χ1) is 22.6. The maximum Gasteiger partial charge on any atom is 0.417 e. The van der Waals surface area contributed by atoms with Crippen molar-refractivity contribution < 1.29 is 27.4 Å². The van der Waals surface area contributed by atoms with Crippen molar-refractivity contribution >= 4 is 33.0 Å². The number of pyridine rings is 1. The quantitative estimate of drug-likeness (QED) is 0.0659. The molecule has 2 aromatic carbocycles. The van der Waals surface area contributed by atoms with Gasteiger partial charge in [-0.05, 0) is 59.6 Å². The van der Waals surface area contributed by atoms with E-state index in [9.17, 15) is 18.0 Å². The summed E-state index contributed by atoms with van der Waals surface area (Å²) in [5, 5.41) is 0. The molecule has 0 spiro atoms. The number of imidazole rings is 1. The number of hydrogen-bond acceptors (Lipinski definition) is 5. The first kappa shape index (κ1) is 35.5. The second-order valence-electron chi connectivity index (χ2n) is 14.5. The Hall–Kier alpha value is -3.85. The van der Waals surface area contributed by atoms with Crippen LogP contribution < -0.4 is 0 Å². The van der Waals surface area contributed by atoms with Crippen molar-refractivity contribution in [2.24, 2.45) is 0 Å². The van der Waals surface area contributed by atoms with Gasteiger partial charge >= 0.3 is 6.18 Å². The Labute approximate surface area is 281 Å². The molecule has 0 saturated heterocycles. The molecule has 254 valence electrons. The minimum atomic E-state index is -4.68. The van der Waals surface area contributed by atoms with Gasteiger partial charge < -0.3 is 14.0 Å². The van der Waals surface area contributed by atoms with Crippen LogP contribution >= 0.6 is 0 Å². The molecule has 0 amide bonds. The fourth-order valence-electron chi connectivity index (χ4n) is 5.26. The third-order valence-corrected chi connectivity index (χ3v) is 11.5. The second kappa shape index (κ2) is 14.3. The minimum Gasteiger partial charge on any atom is -0.361 e. The number of alkyl halides is 3. The molecule has 5 rings (SSSR count). The van der Waals surface area contributed by atoms with Gasteiger partial charge in [0.15, 0.2) is 11.6 Å². The standard InChI is InChI=1S/C36H43F3N4O3Si2/c1-47(2,3)19-17-45-24-42-23-28(34(44)29-9-7-8-10-30(29)36(37,38)39)22-33(42)35-41-31-12-11-27(26-13-15-40-16-14-26)21-32(31)43(35)25-46-18-20-48(4,5)6/h7-16,21-23H,17-20,24-25H2,1-6H3. The SMILES string of the molecule is C[Si](C)(C)CCOCn1cc(C(=O)c2ccccc2C(F)(F)F)cc1-c1nc2ccc(-c3ccncc3)cc2n1COCC[Si](C)(C)C. The van der Waals surface area contributed by atoms with Crippen LogP contribution in [0, 0.1) is 0 Å². The lowest BCUT2D eigenvalue weighted by molar-refractivity contribution is -0.137. The van der Waals surface area contributed by atoms with E-state index in [4.69, 9.17) is 14.5 Å². The summed E-state index contributed by atoms with van der Waals surface area (Å²) >= 11 is 0. The summed E-state index contributed by atoms with van der Waals surface area (Å²) < 4.78 is 57.8. The van der Waals surface area contributed by atoms with Crippen LogP contribution in [0.2, 0.25) is 51.4 Å². The van der Waals surface area contributed by atoms with E-state index in [2.05, 4.69) is 44.3 Å². The summed E-state index contributed by atoms with van der Waals surface area (Å²) in [6.45, 7) is 15.1. The van der Waals surface area contributed by atoms with Gasteiger partial charge in [0, 0.05) is 59.1 Å². The molecule has 0 saturated carbocycles. The highest BCUT2D eigenvalue weighted by molar-refractivity contribution is 6.76. The van der Waals surface area contributed by atoms with Crippen LogP contribution in [-0.4, -0.2) is 54.2 Å². The van der Waals surface area contributed by atoms with Crippen molar-refractivity contribution in [2.45, 2.75) is 71.0 Å². The summed E-state index contributed by atoms with van der Waals surface area (Å²) in [7, 11) is -2.74. The highest BCUT2D eigenvalue weighted by Crippen LogP contribution is 2.35. The molecule has 48 heavy (non-hydrogen) atoms. The molecule has 0 N–H and O–H groups in total. The van der Waals surface area contributed by atoms with E-state index in [1.165, 1.54) is 18.2 Å². The number of nitrogens with zero attached hydrogens (tertiary/aromatic N) is 4. The van der Waals surface area contributed by atoms with Gasteiger partial charge in [0.05, 0.1) is 22.3 Å². The topological polar surface area (TPSA) is 71.2 Å². The molecule has 0 aliphatic rings. The fraction of sp³-hybridized carbons (Fsp3) is 0.361. The lowest BCUT2D eigenvalue weighted by atomic mass is 9.99. The van der Waals surface area contributed by atoms with Gasteiger partial charge in [0.2, 0.25) is 0 Å². The van der Waals surface area contributed by atoms with Gasteiger partial charge in [-0.1, -0.05) is 63.5 Å². The van der Waals surface area contributed by atoms with Gasteiger partial charge in [0.25, 0.3) is 0 Å². The van der Waals surface area contributed by atoms with Crippen molar-refractivity contribution in [1.29, 1.82) is 0 Å². The molecule has 0 radical (unpaired) electrons. The van der Waals surface area contributed by atoms with Crippen LogP contribution in [0.15, 0.2) is 79.3 Å². The van der Waals surface area contributed by atoms with Crippen LogP contribution in [0.25, 0.3) is 33.7 Å². The zero-order chi connectivity index (χ0) is 34.7. The first-order valence-corrected chi connectivity index (χ1v) is 23.5. The lowest BCUT2D eigenvalue weighted by Gasteiger charge is -2.17. The number of carbonyl (C=O) groups is 1. The van der Waals surface area contributed by atoms with Crippen LogP contribution in [0.1, 0.15) is 21.5 Å². The van der Waals surface area contributed by atoms with Gasteiger partial charge in [0.1, 0.15) is 13.5 Å². The Morgan fingerprint density at radius 3 is 2.10 bits per heavy atom. The van der Waals surface area contributed by atoms with E-state index in [0.29, 0.717) is 24.7 Å². The predicted octanol–water partition coefficient (Wildman–Crippen LogP) is 9.44. The average Bonchev–Trinajstić information content (AvgIpc) is 3.61. The summed E-state index contributed by atoms with van der Waals surface area (Å²) in [4.78, 5) is 22.9. The monoisotopic (exact) mass is 692 g/mol. The third kappa shape index (κ3) is 8.78. The van der Waals surface area contributed by atoms with Crippen molar-refractivity contribution in [3.05, 3.63) is 95.9 Å². The molecule has 12 heteroatoms. The molecule has 0 atom stereocenters. The van der Waals surface area contributed by atoms with Gasteiger partial charge in [-0.15, -0.1) is 0 Å². The Bertz CT molecular complexity index is 1870. The van der Waals surface area contributed by atoms with Crippen LogP contribution in [0.3, 0.4) is 0 Å². The molecule has 3 heterocycles. The maximum absolute atomic E-state index is 13.9. The molecule has 7 nitrogen and oxygen atoms in total. The van der Waals surface area contributed by atoms with Crippen molar-refractivity contribution in [2.75, 3.05) is 13.2 Å². The van der Waals surface area contributed by atoms with E-state index in [1.807, 2.05) is 34.9 Å². The van der Waals surface area contributed by atoms with Crippen LogP contribution in [0.4, 0.5) is 13.2 Å². The van der Waals surface area contributed by atoms with Crippen molar-refractivity contribution in [1.82, 2.24) is 19.1 Å². The molecule has 0 bridgehead atoms. The second-order valence-corrected chi connectivity index (χ2v) is 25.7. The molecular formula is C36H43F3N4O3Si2. The normalized spacial score (nSPS) is 12.6. The number of aromatic nitrogens is 4. The molecule has 0 aliphatic heterocycles. The van der Waals surface area contributed by atoms with Crippen LogP contribution in [-0.2, 0) is 29.1 Å². The maximum atomic E-state index is 13.9. The van der Waals surface area contributed by atoms with Crippen molar-refractivity contribution in [3.8, 4) is 22.6 Å². The lowest BCUT2D eigenvalue weighted by Crippen LogP contribution is -2.22. The highest BCUT2D eigenvalue weighted by atomic mass is 28.3. The number of halogens is 3. The van der Waals surface area contributed by atoms with Gasteiger partial charge in [-0.25, -0.2) is 4.98 Å². The molecule has 0 unspecified atom stereocenters. The van der Waals surface area contributed by atoms with E-state index in [-0.39, 0.29) is 19.0 Å². The number of rotatable bonds is 14. The smallest absolute Gasteiger partial charge is 0.361 e. The van der Waals surface area contributed by atoms with Gasteiger partial charge in [-0.2, -0.15) is 13.2 Å². The first-order valence-electron chi connectivity index (χ1n) is 16.1. The van der Waals surface area contributed by atoms with E-state index < -0.39 is 39.2 Å². The molecule has 0 fully saturated rings. The zero-order valence-corrected chi connectivity index (χ0v) is 30.4. The third-order valence-electron chi connectivity index (χ3n) is 8.07.